The summed E-state index contributed by atoms with van der Waals surface area (Å²) in [5.41, 5.74) is 1.45. The van der Waals surface area contributed by atoms with E-state index in [2.05, 4.69) is 20.5 Å². The van der Waals surface area contributed by atoms with Crippen LogP contribution in [0.15, 0.2) is 36.7 Å². The first-order valence-electron chi connectivity index (χ1n) is 12.1. The number of alkyl halides is 2. The minimum atomic E-state index is -2.87. The lowest BCUT2D eigenvalue weighted by Gasteiger charge is -2.21. The van der Waals surface area contributed by atoms with Crippen LogP contribution in [0, 0.1) is 12.7 Å². The van der Waals surface area contributed by atoms with Crippen molar-refractivity contribution in [3.8, 4) is 11.5 Å². The number of aromatic nitrogens is 4. The molecule has 1 aliphatic rings. The van der Waals surface area contributed by atoms with Gasteiger partial charge in [-0.2, -0.15) is 0 Å². The smallest absolute Gasteiger partial charge is 0.267 e. The van der Waals surface area contributed by atoms with Gasteiger partial charge in [0.1, 0.15) is 23.7 Å². The Balaban J connectivity index is 1.52. The number of hydrogen-bond acceptors (Lipinski definition) is 5. The molecule has 0 aliphatic carbocycles. The maximum absolute atomic E-state index is 14.8. The van der Waals surface area contributed by atoms with Crippen LogP contribution < -0.4 is 5.32 Å². The zero-order chi connectivity index (χ0) is 26.9. The minimum Gasteiger partial charge on any atom is -0.336 e. The minimum absolute atomic E-state index is 0.00808. The van der Waals surface area contributed by atoms with E-state index in [1.807, 2.05) is 18.4 Å². The molecule has 11 heteroatoms. The summed E-state index contributed by atoms with van der Waals surface area (Å²) in [6.07, 6.45) is 1.22. The number of hydrogen-bond donors (Lipinski definition) is 1. The molecule has 3 aromatic rings. The highest BCUT2D eigenvalue weighted by Gasteiger charge is 2.40. The second-order valence-corrected chi connectivity index (χ2v) is 9.73. The normalized spacial score (nSPS) is 15.7. The number of halogens is 3. The first-order valence-corrected chi connectivity index (χ1v) is 12.1. The highest BCUT2D eigenvalue weighted by atomic mass is 19.3. The van der Waals surface area contributed by atoms with Gasteiger partial charge in [0.15, 0.2) is 5.82 Å². The Labute approximate surface area is 212 Å². The number of anilines is 1. The second-order valence-electron chi connectivity index (χ2n) is 9.73. The third-order valence-electron chi connectivity index (χ3n) is 6.48. The number of nitrogens with zero attached hydrogens (tertiary/aromatic N) is 5. The van der Waals surface area contributed by atoms with E-state index in [0.717, 1.165) is 4.90 Å². The van der Waals surface area contributed by atoms with Crippen molar-refractivity contribution >= 4 is 17.6 Å². The molecule has 2 amide bonds. The molecule has 0 radical (unpaired) electrons. The third kappa shape index (κ3) is 5.81. The number of carbonyl (C=O) groups excluding carboxylic acids is 2. The highest BCUT2D eigenvalue weighted by molar-refractivity contribution is 6.04. The zero-order valence-corrected chi connectivity index (χ0v) is 21.1. The Morgan fingerprint density at radius 3 is 2.62 bits per heavy atom. The molecular formula is C26H29F3N6O2. The standard InChI is InChI=1S/C26H29F3N6O2/c1-15(2)35-14-30-33-24(35)21-6-5-7-22(31-21)32-25(37)19-12-18(16(3)10-20(19)27)17(4)11-23(36)34-9-8-26(28,29)13-34/h5-7,10,12,14-15,17H,8-9,11,13H2,1-4H3,(H,31,32,37). The Hall–Kier alpha value is -3.76. The van der Waals surface area contributed by atoms with Crippen LogP contribution in [0.5, 0.6) is 0 Å². The van der Waals surface area contributed by atoms with Crippen molar-refractivity contribution in [2.45, 2.75) is 58.4 Å². The second kappa shape index (κ2) is 10.3. The fraction of sp³-hybridized carbons (Fsp3) is 0.423. The van der Waals surface area contributed by atoms with Crippen LogP contribution in [-0.4, -0.2) is 55.5 Å². The zero-order valence-electron chi connectivity index (χ0n) is 21.1. The van der Waals surface area contributed by atoms with E-state index in [9.17, 15) is 22.8 Å². The Morgan fingerprint density at radius 2 is 1.95 bits per heavy atom. The molecule has 1 unspecified atom stereocenters. The van der Waals surface area contributed by atoms with Crippen LogP contribution in [0.2, 0.25) is 0 Å². The summed E-state index contributed by atoms with van der Waals surface area (Å²) in [4.78, 5) is 31.2. The van der Waals surface area contributed by atoms with E-state index in [-0.39, 0.29) is 36.8 Å². The lowest BCUT2D eigenvalue weighted by molar-refractivity contribution is -0.132. The van der Waals surface area contributed by atoms with Gasteiger partial charge < -0.3 is 14.8 Å². The fourth-order valence-corrected chi connectivity index (χ4v) is 4.46. The van der Waals surface area contributed by atoms with Crippen molar-refractivity contribution in [3.63, 3.8) is 0 Å². The Bertz CT molecular complexity index is 1320. The van der Waals surface area contributed by atoms with E-state index in [1.54, 1.807) is 38.4 Å². The van der Waals surface area contributed by atoms with Crippen LogP contribution in [0.1, 0.15) is 67.1 Å². The molecule has 0 bridgehead atoms. The molecule has 1 atom stereocenters. The van der Waals surface area contributed by atoms with E-state index in [4.69, 9.17) is 0 Å². The van der Waals surface area contributed by atoms with E-state index >= 15 is 0 Å². The summed E-state index contributed by atoms with van der Waals surface area (Å²) in [6, 6.07) is 7.76. The molecule has 0 spiro atoms. The summed E-state index contributed by atoms with van der Waals surface area (Å²) >= 11 is 0. The quantitative estimate of drug-likeness (QED) is 0.480. The number of pyridine rings is 1. The number of amides is 2. The van der Waals surface area contributed by atoms with E-state index < -0.39 is 36.0 Å². The summed E-state index contributed by atoms with van der Waals surface area (Å²) in [7, 11) is 0. The third-order valence-corrected chi connectivity index (χ3v) is 6.48. The summed E-state index contributed by atoms with van der Waals surface area (Å²) in [5, 5.41) is 10.7. The van der Waals surface area contributed by atoms with Gasteiger partial charge in [-0.3, -0.25) is 9.59 Å². The van der Waals surface area contributed by atoms with Gasteiger partial charge in [0.25, 0.3) is 11.8 Å². The van der Waals surface area contributed by atoms with Crippen LogP contribution in [-0.2, 0) is 4.79 Å². The van der Waals surface area contributed by atoms with Crippen LogP contribution >= 0.6 is 0 Å². The van der Waals surface area contributed by atoms with Crippen molar-refractivity contribution in [3.05, 3.63) is 59.2 Å². The van der Waals surface area contributed by atoms with Gasteiger partial charge in [-0.05, 0) is 62.1 Å². The maximum Gasteiger partial charge on any atom is 0.267 e. The van der Waals surface area contributed by atoms with Crippen molar-refractivity contribution < 1.29 is 22.8 Å². The number of nitrogens with one attached hydrogen (secondary N) is 1. The SMILES string of the molecule is Cc1cc(F)c(C(=O)Nc2cccc(-c3nncn3C(C)C)n2)cc1C(C)CC(=O)N1CCC(F)(F)C1. The van der Waals surface area contributed by atoms with Gasteiger partial charge in [0, 0.05) is 25.4 Å². The molecule has 196 valence electrons. The average molecular weight is 515 g/mol. The van der Waals surface area contributed by atoms with E-state index in [1.165, 1.54) is 12.1 Å². The lowest BCUT2D eigenvalue weighted by Crippen LogP contribution is -2.32. The molecular weight excluding hydrogens is 485 g/mol. The lowest BCUT2D eigenvalue weighted by atomic mass is 9.91. The first kappa shape index (κ1) is 26.3. The van der Waals surface area contributed by atoms with Crippen molar-refractivity contribution in [2.24, 2.45) is 0 Å². The summed E-state index contributed by atoms with van der Waals surface area (Å²) < 4.78 is 43.7. The molecule has 3 heterocycles. The van der Waals surface area contributed by atoms with Crippen LogP contribution in [0.3, 0.4) is 0 Å². The Kier molecular flexibility index (Phi) is 7.33. The predicted octanol–water partition coefficient (Wildman–Crippen LogP) is 4.98. The maximum atomic E-state index is 14.8. The average Bonchev–Trinajstić information content (AvgIpc) is 3.46. The molecule has 1 aromatic carbocycles. The van der Waals surface area contributed by atoms with Gasteiger partial charge in [0.2, 0.25) is 5.91 Å². The van der Waals surface area contributed by atoms with Crippen molar-refractivity contribution in [2.75, 3.05) is 18.4 Å². The Morgan fingerprint density at radius 1 is 1.19 bits per heavy atom. The highest BCUT2D eigenvalue weighted by Crippen LogP contribution is 2.31. The molecule has 1 saturated heterocycles. The molecule has 8 nitrogen and oxygen atoms in total. The van der Waals surface area contributed by atoms with Gasteiger partial charge >= 0.3 is 0 Å². The van der Waals surface area contributed by atoms with E-state index in [0.29, 0.717) is 22.6 Å². The number of rotatable bonds is 7. The van der Waals surface area contributed by atoms with Gasteiger partial charge in [-0.15, -0.1) is 10.2 Å². The predicted molar refractivity (Wildman–Crippen MR) is 132 cm³/mol. The first-order chi connectivity index (χ1) is 17.4. The summed E-state index contributed by atoms with van der Waals surface area (Å²) in [5.74, 6) is -4.35. The number of likely N-dealkylation sites (tertiary alicyclic amines) is 1. The van der Waals surface area contributed by atoms with Crippen molar-refractivity contribution in [1.82, 2.24) is 24.6 Å². The topological polar surface area (TPSA) is 93.0 Å². The van der Waals surface area contributed by atoms with Gasteiger partial charge in [-0.1, -0.05) is 13.0 Å². The van der Waals surface area contributed by atoms with Gasteiger partial charge in [-0.25, -0.2) is 18.2 Å². The van der Waals surface area contributed by atoms with Crippen LogP contribution in [0.25, 0.3) is 11.5 Å². The number of carbonyl (C=O) groups is 2. The molecule has 2 aromatic heterocycles. The number of benzene rings is 1. The number of aryl methyl sites for hydroxylation is 1. The van der Waals surface area contributed by atoms with Gasteiger partial charge in [0.05, 0.1) is 12.1 Å². The summed E-state index contributed by atoms with van der Waals surface area (Å²) in [6.45, 7) is 6.81. The molecule has 1 aliphatic heterocycles. The molecule has 1 fully saturated rings. The van der Waals surface area contributed by atoms with Crippen molar-refractivity contribution in [1.29, 1.82) is 0 Å². The van der Waals surface area contributed by atoms with Crippen LogP contribution in [0.4, 0.5) is 19.0 Å². The fourth-order valence-electron chi connectivity index (χ4n) is 4.46. The molecule has 4 rings (SSSR count). The molecule has 0 saturated carbocycles. The largest absolute Gasteiger partial charge is 0.336 e. The molecule has 1 N–H and O–H groups in total. The molecule has 37 heavy (non-hydrogen) atoms. The monoisotopic (exact) mass is 514 g/mol.